The lowest BCUT2D eigenvalue weighted by molar-refractivity contribution is -0.133. The van der Waals surface area contributed by atoms with Crippen molar-refractivity contribution in [1.82, 2.24) is 5.32 Å². The van der Waals surface area contributed by atoms with Crippen LogP contribution >= 0.6 is 11.6 Å². The van der Waals surface area contributed by atoms with Crippen LogP contribution < -0.4 is 10.2 Å². The smallest absolute Gasteiger partial charge is 0.249 e. The Hall–Kier alpha value is -1.59. The molecule has 2 aliphatic heterocycles. The van der Waals surface area contributed by atoms with Crippen molar-refractivity contribution in [3.8, 4) is 0 Å². The standard InChI is InChI=1S/C15H17ClN2O3/c16-10-4-1-2-5-12(10)18-8-7-11(15(18)20)17-14(19)13-6-3-9-21-13/h1-2,4-5,11,13H,3,6-9H2,(H,17,19). The highest BCUT2D eigenvalue weighted by atomic mass is 35.5. The van der Waals surface area contributed by atoms with Gasteiger partial charge < -0.3 is 15.0 Å². The van der Waals surface area contributed by atoms with Gasteiger partial charge in [-0.1, -0.05) is 23.7 Å². The highest BCUT2D eigenvalue weighted by Gasteiger charge is 2.36. The molecular weight excluding hydrogens is 292 g/mol. The molecule has 6 heteroatoms. The van der Waals surface area contributed by atoms with Crippen LogP contribution in [-0.4, -0.2) is 37.1 Å². The van der Waals surface area contributed by atoms with Gasteiger partial charge in [-0.05, 0) is 31.4 Å². The van der Waals surface area contributed by atoms with Crippen LogP contribution in [0.4, 0.5) is 5.69 Å². The average molecular weight is 309 g/mol. The minimum absolute atomic E-state index is 0.116. The van der Waals surface area contributed by atoms with E-state index < -0.39 is 12.1 Å². The van der Waals surface area contributed by atoms with Crippen LogP contribution in [-0.2, 0) is 14.3 Å². The van der Waals surface area contributed by atoms with E-state index in [-0.39, 0.29) is 11.8 Å². The van der Waals surface area contributed by atoms with Gasteiger partial charge in [0, 0.05) is 13.2 Å². The van der Waals surface area contributed by atoms with E-state index in [1.165, 1.54) is 0 Å². The minimum atomic E-state index is -0.488. The van der Waals surface area contributed by atoms with E-state index in [0.29, 0.717) is 30.3 Å². The van der Waals surface area contributed by atoms with E-state index in [1.807, 2.05) is 18.2 Å². The molecule has 2 atom stereocenters. The summed E-state index contributed by atoms with van der Waals surface area (Å²) in [5.41, 5.74) is 0.693. The molecule has 2 heterocycles. The number of hydrogen-bond acceptors (Lipinski definition) is 3. The number of carbonyl (C=O) groups excluding carboxylic acids is 2. The van der Waals surface area contributed by atoms with Crippen LogP contribution in [0.25, 0.3) is 0 Å². The van der Waals surface area contributed by atoms with E-state index in [0.717, 1.165) is 12.8 Å². The summed E-state index contributed by atoms with van der Waals surface area (Å²) >= 11 is 6.13. The zero-order valence-electron chi connectivity index (χ0n) is 11.5. The third-order valence-electron chi connectivity index (χ3n) is 3.89. The van der Waals surface area contributed by atoms with E-state index in [1.54, 1.807) is 11.0 Å². The van der Waals surface area contributed by atoms with Crippen LogP contribution in [0.5, 0.6) is 0 Å². The third-order valence-corrected chi connectivity index (χ3v) is 4.21. The fourth-order valence-electron chi connectivity index (χ4n) is 2.77. The molecule has 2 unspecified atom stereocenters. The number of ether oxygens (including phenoxy) is 1. The average Bonchev–Trinajstić information content (AvgIpc) is 3.11. The summed E-state index contributed by atoms with van der Waals surface area (Å²) in [5.74, 6) is -0.304. The van der Waals surface area contributed by atoms with Gasteiger partial charge in [-0.15, -0.1) is 0 Å². The van der Waals surface area contributed by atoms with Crippen molar-refractivity contribution < 1.29 is 14.3 Å². The quantitative estimate of drug-likeness (QED) is 0.925. The molecule has 0 radical (unpaired) electrons. The summed E-state index contributed by atoms with van der Waals surface area (Å²) in [6.45, 7) is 1.17. The van der Waals surface area contributed by atoms with Gasteiger partial charge in [0.15, 0.2) is 0 Å². The van der Waals surface area contributed by atoms with E-state index in [9.17, 15) is 9.59 Å². The molecule has 2 aliphatic rings. The maximum atomic E-state index is 12.4. The lowest BCUT2D eigenvalue weighted by Gasteiger charge is -2.19. The van der Waals surface area contributed by atoms with Gasteiger partial charge in [-0.3, -0.25) is 9.59 Å². The van der Waals surface area contributed by atoms with Crippen molar-refractivity contribution >= 4 is 29.1 Å². The first-order valence-corrected chi connectivity index (χ1v) is 7.52. The molecule has 1 aromatic rings. The first-order chi connectivity index (χ1) is 10.2. The molecule has 0 saturated carbocycles. The molecule has 0 aromatic heterocycles. The fourth-order valence-corrected chi connectivity index (χ4v) is 3.01. The Kier molecular flexibility index (Phi) is 4.12. The summed E-state index contributed by atoms with van der Waals surface area (Å²) in [7, 11) is 0. The summed E-state index contributed by atoms with van der Waals surface area (Å²) < 4.78 is 5.33. The first kappa shape index (κ1) is 14.4. The predicted molar refractivity (Wildman–Crippen MR) is 79.3 cm³/mol. The number of nitrogens with zero attached hydrogens (tertiary/aromatic N) is 1. The summed E-state index contributed by atoms with van der Waals surface area (Å²) in [5, 5.41) is 3.33. The molecule has 0 bridgehead atoms. The molecule has 0 spiro atoms. The maximum absolute atomic E-state index is 12.4. The topological polar surface area (TPSA) is 58.6 Å². The zero-order valence-corrected chi connectivity index (χ0v) is 12.3. The van der Waals surface area contributed by atoms with Gasteiger partial charge in [-0.25, -0.2) is 0 Å². The van der Waals surface area contributed by atoms with Crippen molar-refractivity contribution in [2.24, 2.45) is 0 Å². The van der Waals surface area contributed by atoms with Gasteiger partial charge >= 0.3 is 0 Å². The van der Waals surface area contributed by atoms with Crippen molar-refractivity contribution in [2.75, 3.05) is 18.1 Å². The van der Waals surface area contributed by atoms with Gasteiger partial charge in [0.1, 0.15) is 12.1 Å². The monoisotopic (exact) mass is 308 g/mol. The fraction of sp³-hybridized carbons (Fsp3) is 0.467. The van der Waals surface area contributed by atoms with Gasteiger partial charge in [0.25, 0.3) is 0 Å². The number of amides is 2. The molecule has 2 saturated heterocycles. The molecule has 1 N–H and O–H groups in total. The van der Waals surface area contributed by atoms with E-state index >= 15 is 0 Å². The highest BCUT2D eigenvalue weighted by molar-refractivity contribution is 6.34. The summed E-state index contributed by atoms with van der Waals surface area (Å²) in [6.07, 6.45) is 1.79. The molecule has 21 heavy (non-hydrogen) atoms. The summed E-state index contributed by atoms with van der Waals surface area (Å²) in [6, 6.07) is 6.74. The number of halogens is 1. The first-order valence-electron chi connectivity index (χ1n) is 7.14. The molecule has 5 nitrogen and oxygen atoms in total. The molecule has 1 aromatic carbocycles. The second kappa shape index (κ2) is 6.03. The lowest BCUT2D eigenvalue weighted by Crippen LogP contribution is -2.45. The van der Waals surface area contributed by atoms with Gasteiger partial charge in [-0.2, -0.15) is 0 Å². The van der Waals surface area contributed by atoms with E-state index in [2.05, 4.69) is 5.32 Å². The number of anilines is 1. The Morgan fingerprint density at radius 3 is 2.86 bits per heavy atom. The lowest BCUT2D eigenvalue weighted by atomic mass is 10.2. The molecule has 3 rings (SSSR count). The second-order valence-electron chi connectivity index (χ2n) is 5.29. The maximum Gasteiger partial charge on any atom is 0.249 e. The van der Waals surface area contributed by atoms with Crippen molar-refractivity contribution in [3.63, 3.8) is 0 Å². The van der Waals surface area contributed by atoms with E-state index in [4.69, 9.17) is 16.3 Å². The van der Waals surface area contributed by atoms with Crippen LogP contribution in [0.2, 0.25) is 5.02 Å². The van der Waals surface area contributed by atoms with Gasteiger partial charge in [0.05, 0.1) is 10.7 Å². The van der Waals surface area contributed by atoms with Crippen LogP contribution in [0, 0.1) is 0 Å². The Bertz CT molecular complexity index is 558. The number of nitrogens with one attached hydrogen (secondary N) is 1. The van der Waals surface area contributed by atoms with Crippen LogP contribution in [0.15, 0.2) is 24.3 Å². The number of para-hydroxylation sites is 1. The van der Waals surface area contributed by atoms with Crippen molar-refractivity contribution in [3.05, 3.63) is 29.3 Å². The number of hydrogen-bond donors (Lipinski definition) is 1. The largest absolute Gasteiger partial charge is 0.368 e. The highest BCUT2D eigenvalue weighted by Crippen LogP contribution is 2.29. The normalized spacial score (nSPS) is 25.4. The SMILES string of the molecule is O=C(NC1CCN(c2ccccc2Cl)C1=O)C1CCCO1. The van der Waals surface area contributed by atoms with Gasteiger partial charge in [0.2, 0.25) is 11.8 Å². The Morgan fingerprint density at radius 2 is 2.14 bits per heavy atom. The van der Waals surface area contributed by atoms with Crippen molar-refractivity contribution in [2.45, 2.75) is 31.4 Å². The zero-order chi connectivity index (χ0) is 14.8. The number of carbonyl (C=O) groups is 2. The Labute approximate surface area is 128 Å². The number of benzene rings is 1. The minimum Gasteiger partial charge on any atom is -0.368 e. The Morgan fingerprint density at radius 1 is 1.33 bits per heavy atom. The summed E-state index contributed by atoms with van der Waals surface area (Å²) in [4.78, 5) is 26.1. The molecule has 112 valence electrons. The third kappa shape index (κ3) is 2.89. The van der Waals surface area contributed by atoms with Crippen LogP contribution in [0.1, 0.15) is 19.3 Å². The molecule has 0 aliphatic carbocycles. The Balaban J connectivity index is 1.66. The molecular formula is C15H17ClN2O3. The molecule has 2 fully saturated rings. The number of rotatable bonds is 3. The second-order valence-corrected chi connectivity index (χ2v) is 5.70. The van der Waals surface area contributed by atoms with Crippen LogP contribution in [0.3, 0.4) is 0 Å². The molecule has 2 amide bonds. The predicted octanol–water partition coefficient (Wildman–Crippen LogP) is 1.74. The van der Waals surface area contributed by atoms with Crippen molar-refractivity contribution in [1.29, 1.82) is 0 Å².